The average Bonchev–Trinajstić information content (AvgIpc) is 2.63. The second-order valence-corrected chi connectivity index (χ2v) is 4.66. The molecule has 1 aliphatic heterocycles. The highest BCUT2D eigenvalue weighted by molar-refractivity contribution is 5.00. The van der Waals surface area contributed by atoms with Gasteiger partial charge in [-0.3, -0.25) is 0 Å². The molecule has 1 spiro atoms. The number of ether oxygens (including phenoxy) is 1. The maximum atomic E-state index is 5.56. The monoisotopic (exact) mass is 152 g/mol. The molecule has 0 aromatic heterocycles. The van der Waals surface area contributed by atoms with Gasteiger partial charge in [0.25, 0.3) is 0 Å². The molecule has 0 aromatic rings. The fourth-order valence-electron chi connectivity index (χ4n) is 3.17. The van der Waals surface area contributed by atoms with Crippen LogP contribution in [0, 0.1) is 5.41 Å². The lowest BCUT2D eigenvalue weighted by atomic mass is 9.73. The van der Waals surface area contributed by atoms with Crippen LogP contribution in [-0.2, 0) is 4.74 Å². The second kappa shape index (κ2) is 2.01. The normalized spacial score (nSPS) is 45.8. The molecule has 2 aliphatic carbocycles. The zero-order valence-electron chi connectivity index (χ0n) is 7.01. The van der Waals surface area contributed by atoms with Crippen molar-refractivity contribution in [2.75, 3.05) is 0 Å². The Labute approximate surface area is 68.1 Å². The Morgan fingerprint density at radius 2 is 1.82 bits per heavy atom. The summed E-state index contributed by atoms with van der Waals surface area (Å²) in [5.74, 6) is 0. The van der Waals surface area contributed by atoms with Gasteiger partial charge in [0.1, 0.15) is 0 Å². The summed E-state index contributed by atoms with van der Waals surface area (Å²) in [6, 6.07) is 0. The minimum atomic E-state index is 0.696. The molecule has 1 heteroatoms. The van der Waals surface area contributed by atoms with Crippen molar-refractivity contribution in [2.45, 2.75) is 57.2 Å². The van der Waals surface area contributed by atoms with E-state index in [-0.39, 0.29) is 0 Å². The second-order valence-electron chi connectivity index (χ2n) is 4.66. The van der Waals surface area contributed by atoms with Gasteiger partial charge < -0.3 is 4.74 Å². The van der Waals surface area contributed by atoms with Gasteiger partial charge in [0.15, 0.2) is 0 Å². The highest BCUT2D eigenvalue weighted by Gasteiger charge is 2.50. The minimum Gasteiger partial charge on any atom is -0.370 e. The van der Waals surface area contributed by atoms with E-state index in [1.807, 2.05) is 0 Å². The molecule has 2 saturated carbocycles. The Hall–Kier alpha value is -0.0400. The predicted octanol–water partition coefficient (Wildman–Crippen LogP) is 2.50. The summed E-state index contributed by atoms with van der Waals surface area (Å²) in [7, 11) is 0. The Bertz CT molecular complexity index is 170. The van der Waals surface area contributed by atoms with E-state index in [0.29, 0.717) is 12.2 Å². The first-order valence-corrected chi connectivity index (χ1v) is 5.04. The third-order valence-electron chi connectivity index (χ3n) is 3.95. The number of fused-ring (bicyclic) bond motifs is 1. The largest absolute Gasteiger partial charge is 0.370 e. The van der Waals surface area contributed by atoms with Gasteiger partial charge in [0.05, 0.1) is 12.2 Å². The van der Waals surface area contributed by atoms with E-state index in [0.717, 1.165) is 5.41 Å². The smallest absolute Gasteiger partial charge is 0.0847 e. The summed E-state index contributed by atoms with van der Waals surface area (Å²) in [5.41, 5.74) is 0.762. The lowest BCUT2D eigenvalue weighted by Crippen LogP contribution is -2.24. The number of rotatable bonds is 0. The van der Waals surface area contributed by atoms with Crippen molar-refractivity contribution in [3.05, 3.63) is 0 Å². The molecule has 3 aliphatic rings. The summed E-state index contributed by atoms with van der Waals surface area (Å²) >= 11 is 0. The van der Waals surface area contributed by atoms with E-state index in [2.05, 4.69) is 0 Å². The SMILES string of the molecule is C1CCC2(C1)CCC1OC1C2. The molecular formula is C10H16O. The van der Waals surface area contributed by atoms with E-state index in [4.69, 9.17) is 4.74 Å². The van der Waals surface area contributed by atoms with Crippen LogP contribution in [0.2, 0.25) is 0 Å². The van der Waals surface area contributed by atoms with Crippen LogP contribution in [0.15, 0.2) is 0 Å². The molecule has 0 amide bonds. The van der Waals surface area contributed by atoms with Crippen LogP contribution in [-0.4, -0.2) is 12.2 Å². The van der Waals surface area contributed by atoms with Crippen LogP contribution in [0.5, 0.6) is 0 Å². The van der Waals surface area contributed by atoms with E-state index < -0.39 is 0 Å². The number of hydrogen-bond acceptors (Lipinski definition) is 1. The van der Waals surface area contributed by atoms with Gasteiger partial charge in [-0.05, 0) is 37.5 Å². The molecule has 0 aromatic carbocycles. The van der Waals surface area contributed by atoms with E-state index in [1.165, 1.54) is 44.9 Å². The maximum absolute atomic E-state index is 5.56. The van der Waals surface area contributed by atoms with Gasteiger partial charge in [0, 0.05) is 0 Å². The first kappa shape index (κ1) is 6.47. The van der Waals surface area contributed by atoms with Crippen LogP contribution in [0.25, 0.3) is 0 Å². The van der Waals surface area contributed by atoms with Crippen molar-refractivity contribution in [3.63, 3.8) is 0 Å². The fourth-order valence-corrected chi connectivity index (χ4v) is 3.17. The molecule has 3 rings (SSSR count). The molecule has 2 unspecified atom stereocenters. The zero-order chi connectivity index (χ0) is 7.31. The van der Waals surface area contributed by atoms with Crippen LogP contribution in [0.1, 0.15) is 44.9 Å². The highest BCUT2D eigenvalue weighted by atomic mass is 16.6. The molecule has 1 nitrogen and oxygen atoms in total. The van der Waals surface area contributed by atoms with Gasteiger partial charge >= 0.3 is 0 Å². The van der Waals surface area contributed by atoms with Gasteiger partial charge in [0.2, 0.25) is 0 Å². The molecule has 1 saturated heterocycles. The molecule has 0 N–H and O–H groups in total. The van der Waals surface area contributed by atoms with Crippen LogP contribution in [0.4, 0.5) is 0 Å². The third kappa shape index (κ3) is 0.936. The Kier molecular flexibility index (Phi) is 1.18. The lowest BCUT2D eigenvalue weighted by molar-refractivity contribution is 0.214. The molecule has 62 valence electrons. The van der Waals surface area contributed by atoms with E-state index in [9.17, 15) is 0 Å². The zero-order valence-corrected chi connectivity index (χ0v) is 7.01. The Morgan fingerprint density at radius 1 is 1.00 bits per heavy atom. The quantitative estimate of drug-likeness (QED) is 0.486. The Morgan fingerprint density at radius 3 is 2.55 bits per heavy atom. The molecule has 3 fully saturated rings. The van der Waals surface area contributed by atoms with Gasteiger partial charge in [-0.1, -0.05) is 12.8 Å². The third-order valence-corrected chi connectivity index (χ3v) is 3.95. The van der Waals surface area contributed by atoms with Crippen molar-refractivity contribution in [1.29, 1.82) is 0 Å². The molecule has 2 atom stereocenters. The van der Waals surface area contributed by atoms with Crippen LogP contribution >= 0.6 is 0 Å². The van der Waals surface area contributed by atoms with E-state index in [1.54, 1.807) is 0 Å². The fraction of sp³-hybridized carbons (Fsp3) is 1.00. The Balaban J connectivity index is 1.76. The summed E-state index contributed by atoms with van der Waals surface area (Å²) in [6.07, 6.45) is 11.6. The van der Waals surface area contributed by atoms with Crippen molar-refractivity contribution >= 4 is 0 Å². The highest BCUT2D eigenvalue weighted by Crippen LogP contribution is 2.54. The van der Waals surface area contributed by atoms with Gasteiger partial charge in [-0.25, -0.2) is 0 Å². The summed E-state index contributed by atoms with van der Waals surface area (Å²) in [4.78, 5) is 0. The lowest BCUT2D eigenvalue weighted by Gasteiger charge is -2.30. The van der Waals surface area contributed by atoms with Gasteiger partial charge in [-0.2, -0.15) is 0 Å². The first-order chi connectivity index (χ1) is 5.38. The predicted molar refractivity (Wildman–Crippen MR) is 43.4 cm³/mol. The number of hydrogen-bond donors (Lipinski definition) is 0. The van der Waals surface area contributed by atoms with E-state index >= 15 is 0 Å². The summed E-state index contributed by atoms with van der Waals surface area (Å²) in [6.45, 7) is 0. The summed E-state index contributed by atoms with van der Waals surface area (Å²) < 4.78 is 5.56. The molecule has 11 heavy (non-hydrogen) atoms. The van der Waals surface area contributed by atoms with Gasteiger partial charge in [-0.15, -0.1) is 0 Å². The summed E-state index contributed by atoms with van der Waals surface area (Å²) in [5, 5.41) is 0. The topological polar surface area (TPSA) is 12.5 Å². The molecular weight excluding hydrogens is 136 g/mol. The molecule has 0 radical (unpaired) electrons. The van der Waals surface area contributed by atoms with Crippen LogP contribution < -0.4 is 0 Å². The molecule has 0 bridgehead atoms. The average molecular weight is 152 g/mol. The first-order valence-electron chi connectivity index (χ1n) is 5.04. The minimum absolute atomic E-state index is 0.696. The number of epoxide rings is 1. The molecule has 1 heterocycles. The van der Waals surface area contributed by atoms with Crippen molar-refractivity contribution in [3.8, 4) is 0 Å². The van der Waals surface area contributed by atoms with Crippen molar-refractivity contribution in [2.24, 2.45) is 5.41 Å². The van der Waals surface area contributed by atoms with Crippen LogP contribution in [0.3, 0.4) is 0 Å². The standard InChI is InChI=1S/C10H16O/c1-2-5-10(4-1)6-3-8-9(7-10)11-8/h8-9H,1-7H2. The van der Waals surface area contributed by atoms with Crippen molar-refractivity contribution < 1.29 is 4.74 Å². The van der Waals surface area contributed by atoms with Crippen molar-refractivity contribution in [1.82, 2.24) is 0 Å². The maximum Gasteiger partial charge on any atom is 0.0847 e.